The fourth-order valence-corrected chi connectivity index (χ4v) is 2.69. The van der Waals surface area contributed by atoms with Gasteiger partial charge in [-0.1, -0.05) is 11.2 Å². The summed E-state index contributed by atoms with van der Waals surface area (Å²) in [5.74, 6) is -0.780. The first-order chi connectivity index (χ1) is 11.9. The predicted octanol–water partition coefficient (Wildman–Crippen LogP) is 3.19. The van der Waals surface area contributed by atoms with E-state index in [4.69, 9.17) is 9.26 Å². The van der Waals surface area contributed by atoms with E-state index in [0.717, 1.165) is 0 Å². The summed E-state index contributed by atoms with van der Waals surface area (Å²) < 4.78 is 9.92. The van der Waals surface area contributed by atoms with Crippen molar-refractivity contribution >= 4 is 28.7 Å². The molecule has 0 aliphatic carbocycles. The number of anilines is 1. The zero-order valence-electron chi connectivity index (χ0n) is 14.3. The average Bonchev–Trinajstić information content (AvgIpc) is 2.96. The molecule has 0 aliphatic rings. The second kappa shape index (κ2) is 6.35. The van der Waals surface area contributed by atoms with Gasteiger partial charge in [0.1, 0.15) is 0 Å². The van der Waals surface area contributed by atoms with E-state index < -0.39 is 5.97 Å². The van der Waals surface area contributed by atoms with Crippen molar-refractivity contribution in [2.24, 2.45) is 0 Å². The smallest absolute Gasteiger partial charge is 0.338 e. The Bertz CT molecular complexity index is 991. The van der Waals surface area contributed by atoms with Crippen LogP contribution in [0, 0.1) is 20.8 Å². The second-order valence-corrected chi connectivity index (χ2v) is 5.68. The largest absolute Gasteiger partial charge is 0.465 e. The fourth-order valence-electron chi connectivity index (χ4n) is 2.69. The van der Waals surface area contributed by atoms with Crippen LogP contribution in [-0.4, -0.2) is 29.1 Å². The summed E-state index contributed by atoms with van der Waals surface area (Å²) in [4.78, 5) is 28.9. The zero-order chi connectivity index (χ0) is 18.1. The molecule has 1 amide bonds. The summed E-state index contributed by atoms with van der Waals surface area (Å²) in [5.41, 5.74) is 3.54. The number of carbonyl (C=O) groups excluding carboxylic acids is 2. The molecule has 0 atom stereocenters. The van der Waals surface area contributed by atoms with Crippen LogP contribution in [0.2, 0.25) is 0 Å². The summed E-state index contributed by atoms with van der Waals surface area (Å²) in [7, 11) is 1.32. The lowest BCUT2D eigenvalue weighted by Crippen LogP contribution is -2.15. The Morgan fingerprint density at radius 1 is 1.16 bits per heavy atom. The quantitative estimate of drug-likeness (QED) is 0.737. The van der Waals surface area contributed by atoms with Gasteiger partial charge in [-0.15, -0.1) is 0 Å². The molecule has 128 valence electrons. The predicted molar refractivity (Wildman–Crippen MR) is 91.7 cm³/mol. The van der Waals surface area contributed by atoms with Gasteiger partial charge >= 0.3 is 5.97 Å². The molecule has 0 saturated carbocycles. The number of aryl methyl sites for hydroxylation is 2. The van der Waals surface area contributed by atoms with Crippen LogP contribution in [0.1, 0.15) is 37.7 Å². The molecule has 0 spiro atoms. The Morgan fingerprint density at radius 2 is 1.92 bits per heavy atom. The molecule has 1 aromatic carbocycles. The molecule has 7 nitrogen and oxygen atoms in total. The first-order valence-electron chi connectivity index (χ1n) is 7.65. The minimum absolute atomic E-state index is 0.322. The van der Waals surface area contributed by atoms with E-state index in [9.17, 15) is 9.59 Å². The molecule has 3 rings (SSSR count). The highest BCUT2D eigenvalue weighted by molar-refractivity contribution is 6.13. The zero-order valence-corrected chi connectivity index (χ0v) is 14.3. The fraction of sp³-hybridized carbons (Fsp3) is 0.222. The minimum Gasteiger partial charge on any atom is -0.465 e. The number of pyridine rings is 1. The number of nitrogens with zero attached hydrogens (tertiary/aromatic N) is 2. The van der Waals surface area contributed by atoms with E-state index in [0.29, 0.717) is 44.9 Å². The van der Waals surface area contributed by atoms with Gasteiger partial charge in [0.15, 0.2) is 0 Å². The van der Waals surface area contributed by atoms with Crippen LogP contribution >= 0.6 is 0 Å². The number of methoxy groups -OCH3 is 1. The highest BCUT2D eigenvalue weighted by Gasteiger charge is 2.19. The maximum Gasteiger partial charge on any atom is 0.338 e. The van der Waals surface area contributed by atoms with Gasteiger partial charge in [-0.25, -0.2) is 9.78 Å². The third-order valence-corrected chi connectivity index (χ3v) is 3.98. The number of nitrogens with one attached hydrogen (secondary N) is 1. The van der Waals surface area contributed by atoms with Crippen LogP contribution in [0.5, 0.6) is 0 Å². The van der Waals surface area contributed by atoms with E-state index in [-0.39, 0.29) is 5.91 Å². The van der Waals surface area contributed by atoms with Gasteiger partial charge in [0, 0.05) is 11.4 Å². The Hall–Kier alpha value is -3.22. The molecule has 3 aromatic rings. The third kappa shape index (κ3) is 2.96. The molecule has 2 aromatic heterocycles. The number of rotatable bonds is 3. The van der Waals surface area contributed by atoms with Crippen molar-refractivity contribution in [3.8, 4) is 0 Å². The second-order valence-electron chi connectivity index (χ2n) is 5.68. The number of esters is 1. The Labute approximate surface area is 144 Å². The third-order valence-electron chi connectivity index (χ3n) is 3.98. The highest BCUT2D eigenvalue weighted by Crippen LogP contribution is 2.25. The maximum atomic E-state index is 12.8. The lowest BCUT2D eigenvalue weighted by atomic mass is 10.1. The number of hydrogen-bond donors (Lipinski definition) is 1. The first kappa shape index (κ1) is 16.6. The van der Waals surface area contributed by atoms with Gasteiger partial charge < -0.3 is 14.6 Å². The molecule has 0 fully saturated rings. The lowest BCUT2D eigenvalue weighted by molar-refractivity contribution is 0.0599. The van der Waals surface area contributed by atoms with Gasteiger partial charge in [-0.3, -0.25) is 4.79 Å². The van der Waals surface area contributed by atoms with Gasteiger partial charge in [0.05, 0.1) is 29.3 Å². The van der Waals surface area contributed by atoms with Crippen LogP contribution < -0.4 is 5.32 Å². The molecule has 2 heterocycles. The summed E-state index contributed by atoms with van der Waals surface area (Å²) in [6.45, 7) is 5.28. The average molecular weight is 339 g/mol. The summed E-state index contributed by atoms with van der Waals surface area (Å²) in [6.07, 6.45) is 0. The van der Waals surface area contributed by atoms with Crippen LogP contribution in [0.25, 0.3) is 11.1 Å². The molecule has 25 heavy (non-hydrogen) atoms. The molecular formula is C18H17N3O4. The van der Waals surface area contributed by atoms with E-state index in [2.05, 4.69) is 15.5 Å². The monoisotopic (exact) mass is 339 g/mol. The van der Waals surface area contributed by atoms with Gasteiger partial charge in [-0.05, 0) is 44.5 Å². The highest BCUT2D eigenvalue weighted by atomic mass is 16.5. The van der Waals surface area contributed by atoms with Crippen molar-refractivity contribution in [2.45, 2.75) is 20.8 Å². The summed E-state index contributed by atoms with van der Waals surface area (Å²) in [5, 5.41) is 7.29. The van der Waals surface area contributed by atoms with Crippen molar-refractivity contribution in [1.82, 2.24) is 10.1 Å². The van der Waals surface area contributed by atoms with Crippen LogP contribution in [0.3, 0.4) is 0 Å². The van der Waals surface area contributed by atoms with Crippen LogP contribution in [-0.2, 0) is 4.74 Å². The molecular weight excluding hydrogens is 322 g/mol. The van der Waals surface area contributed by atoms with Crippen molar-refractivity contribution in [3.05, 3.63) is 52.3 Å². The Kier molecular flexibility index (Phi) is 4.22. The lowest BCUT2D eigenvalue weighted by Gasteiger charge is -2.12. The molecule has 7 heteroatoms. The number of carbonyl (C=O) groups is 2. The van der Waals surface area contributed by atoms with Crippen LogP contribution in [0.4, 0.5) is 5.69 Å². The Balaban J connectivity index is 2.02. The molecule has 0 bridgehead atoms. The van der Waals surface area contributed by atoms with Crippen molar-refractivity contribution in [1.29, 1.82) is 0 Å². The summed E-state index contributed by atoms with van der Waals surface area (Å²) >= 11 is 0. The van der Waals surface area contributed by atoms with E-state index >= 15 is 0 Å². The minimum atomic E-state index is -0.453. The number of fused-ring (bicyclic) bond motifs is 1. The first-order valence-corrected chi connectivity index (χ1v) is 7.65. The number of amides is 1. The maximum absolute atomic E-state index is 12.8. The number of ether oxygens (including phenoxy) is 1. The molecule has 0 saturated heterocycles. The molecule has 0 radical (unpaired) electrons. The molecule has 0 unspecified atom stereocenters. The van der Waals surface area contributed by atoms with Crippen molar-refractivity contribution in [2.75, 3.05) is 12.4 Å². The van der Waals surface area contributed by atoms with Crippen molar-refractivity contribution < 1.29 is 18.8 Å². The SMILES string of the molecule is COC(=O)c1cccc(NC(=O)c2cc(C)nc3onc(C)c23)c1C. The van der Waals surface area contributed by atoms with Gasteiger partial charge in [0.2, 0.25) is 0 Å². The molecule has 1 N–H and O–H groups in total. The molecule has 0 aliphatic heterocycles. The van der Waals surface area contributed by atoms with E-state index in [1.54, 1.807) is 45.0 Å². The Morgan fingerprint density at radius 3 is 2.64 bits per heavy atom. The standard InChI is InChI=1S/C18H17N3O4/c1-9-8-13(15-11(3)21-25-17(15)19-9)16(22)20-14-7-5-6-12(10(14)2)18(23)24-4/h5-8H,1-4H3,(H,20,22). The van der Waals surface area contributed by atoms with E-state index in [1.807, 2.05) is 0 Å². The number of aromatic nitrogens is 2. The normalized spacial score (nSPS) is 10.7. The van der Waals surface area contributed by atoms with Crippen molar-refractivity contribution in [3.63, 3.8) is 0 Å². The topological polar surface area (TPSA) is 94.3 Å². The van der Waals surface area contributed by atoms with Crippen LogP contribution in [0.15, 0.2) is 28.8 Å². The number of benzene rings is 1. The van der Waals surface area contributed by atoms with Gasteiger partial charge in [-0.2, -0.15) is 0 Å². The number of hydrogen-bond acceptors (Lipinski definition) is 6. The van der Waals surface area contributed by atoms with E-state index in [1.165, 1.54) is 7.11 Å². The van der Waals surface area contributed by atoms with Gasteiger partial charge in [0.25, 0.3) is 11.6 Å². The summed E-state index contributed by atoms with van der Waals surface area (Å²) in [6, 6.07) is 6.75.